The SMILES string of the molecule is N#[N+]c1ccccc1.[F][Sb-]([F])([F])([F])([F])[F].[H+]. The molecule has 0 saturated carbocycles. The number of nitrogens with zero attached hydrogens (tertiary/aromatic N) is 2. The van der Waals surface area contributed by atoms with Gasteiger partial charge in [0, 0.05) is 12.1 Å². The summed E-state index contributed by atoms with van der Waals surface area (Å²) in [5, 5.41) is 8.16. The minimum Gasteiger partial charge on any atom is 1.00 e. The van der Waals surface area contributed by atoms with Gasteiger partial charge in [-0.3, -0.25) is 0 Å². The van der Waals surface area contributed by atoms with Gasteiger partial charge in [-0.25, -0.2) is 0 Å². The summed E-state index contributed by atoms with van der Waals surface area (Å²) >= 11 is -11.2. The normalized spacial score (nSPS) is 15.0. The molecule has 0 aliphatic rings. The maximum atomic E-state index is 9.93. The molecule has 0 unspecified atom stereocenters. The van der Waals surface area contributed by atoms with Crippen molar-refractivity contribution in [2.75, 3.05) is 0 Å². The van der Waals surface area contributed by atoms with E-state index >= 15 is 0 Å². The molecule has 0 saturated heterocycles. The van der Waals surface area contributed by atoms with Crippen LogP contribution >= 0.6 is 0 Å². The largest absolute Gasteiger partial charge is 1.00 e. The second-order valence-corrected chi connectivity index (χ2v) is 7.86. The third-order valence-electron chi connectivity index (χ3n) is 0.872. The standard InChI is InChI=1S/C6H5N2.6FH.Sb/c7-8-6-4-2-1-3-5-6;;;;;;;/h1-5H;6*1H;/q+1;;;;;;;+5/p-5. The van der Waals surface area contributed by atoms with Gasteiger partial charge in [0.15, 0.2) is 4.98 Å². The van der Waals surface area contributed by atoms with Crippen molar-refractivity contribution in [3.63, 3.8) is 0 Å². The zero-order chi connectivity index (χ0) is 12.2. The van der Waals surface area contributed by atoms with Crippen molar-refractivity contribution in [1.82, 2.24) is 0 Å². The molecule has 0 spiro atoms. The van der Waals surface area contributed by atoms with Crippen molar-refractivity contribution in [3.05, 3.63) is 35.3 Å². The Hall–Kier alpha value is -0.962. The molecule has 2 nitrogen and oxygen atoms in total. The molecule has 1 aromatic rings. The second-order valence-electron chi connectivity index (χ2n) is 2.39. The van der Waals surface area contributed by atoms with Crippen LogP contribution in [0, 0.1) is 5.39 Å². The first-order valence-electron chi connectivity index (χ1n) is 3.35. The van der Waals surface area contributed by atoms with Crippen molar-refractivity contribution in [1.29, 1.82) is 5.39 Å². The van der Waals surface area contributed by atoms with E-state index in [0.717, 1.165) is 0 Å². The van der Waals surface area contributed by atoms with Crippen molar-refractivity contribution in [2.45, 2.75) is 0 Å². The summed E-state index contributed by atoms with van der Waals surface area (Å²) in [5.41, 5.74) is 0.590. The van der Waals surface area contributed by atoms with Crippen LogP contribution in [0.15, 0.2) is 30.3 Å². The smallest absolute Gasteiger partial charge is 1.00 e. The van der Waals surface area contributed by atoms with E-state index in [9.17, 15) is 16.9 Å². The molecule has 0 atom stereocenters. The summed E-state index contributed by atoms with van der Waals surface area (Å²) in [5.74, 6) is 0. The minimum atomic E-state index is -11.2. The first-order chi connectivity index (χ1) is 6.38. The van der Waals surface area contributed by atoms with Gasteiger partial charge >= 0.3 is 43.5 Å². The van der Waals surface area contributed by atoms with E-state index in [1.54, 1.807) is 12.1 Å². The third kappa shape index (κ3) is 19.4. The predicted octanol–water partition coefficient (Wildman–Crippen LogP) is 4.42. The number of diazo groups is 1. The number of hydrogen-bond donors (Lipinski definition) is 0. The Kier molecular flexibility index (Phi) is 3.33. The molecule has 0 radical (unpaired) electrons. The van der Waals surface area contributed by atoms with Crippen LogP contribution < -0.4 is 0 Å². The zero-order valence-corrected chi connectivity index (χ0v) is 9.55. The van der Waals surface area contributed by atoms with Gasteiger partial charge < -0.3 is 0 Å². The summed E-state index contributed by atoms with van der Waals surface area (Å²) in [6, 6.07) is 8.94. The quantitative estimate of drug-likeness (QED) is 0.390. The van der Waals surface area contributed by atoms with Gasteiger partial charge in [-0.05, 0) is 0 Å². The van der Waals surface area contributed by atoms with Crippen molar-refractivity contribution >= 4 is 25.2 Å². The molecule has 0 heterocycles. The second kappa shape index (κ2) is 3.56. The molecular weight excluding hydrogens is 336 g/mol. The van der Waals surface area contributed by atoms with Gasteiger partial charge in [0.1, 0.15) is 0 Å². The average molecular weight is 342 g/mol. The predicted molar refractivity (Wildman–Crippen MR) is 44.7 cm³/mol. The number of halogens is 6. The Morgan fingerprint density at radius 2 is 1.27 bits per heavy atom. The van der Waals surface area contributed by atoms with Crippen molar-refractivity contribution in [3.8, 4) is 0 Å². The molecule has 15 heavy (non-hydrogen) atoms. The maximum Gasteiger partial charge on any atom is 1.00 e. The Bertz CT molecular complexity index is 357. The fraction of sp³-hybridized carbons (Fsp3) is 0. The summed E-state index contributed by atoms with van der Waals surface area (Å²) < 4.78 is 59.6. The van der Waals surface area contributed by atoms with E-state index in [-0.39, 0.29) is 1.43 Å². The van der Waals surface area contributed by atoms with Crippen LogP contribution in [0.25, 0.3) is 4.98 Å². The van der Waals surface area contributed by atoms with E-state index in [1.807, 2.05) is 18.2 Å². The van der Waals surface area contributed by atoms with Crippen LogP contribution in [0.1, 0.15) is 1.43 Å². The molecule has 1 rings (SSSR count). The molecule has 0 amide bonds. The molecule has 0 aliphatic carbocycles. The topological polar surface area (TPSA) is 28.1 Å². The summed E-state index contributed by atoms with van der Waals surface area (Å²) in [6.07, 6.45) is 0. The molecule has 0 aliphatic heterocycles. The number of hydrogen-bond acceptors (Lipinski definition) is 1. The van der Waals surface area contributed by atoms with Gasteiger partial charge in [0.05, 0.1) is 0 Å². The summed E-state index contributed by atoms with van der Waals surface area (Å²) in [4.78, 5) is 2.97. The first-order valence-corrected chi connectivity index (χ1v) is 9.14. The minimum absolute atomic E-state index is 0. The van der Waals surface area contributed by atoms with Gasteiger partial charge in [-0.1, -0.05) is 18.2 Å². The molecule has 0 bridgehead atoms. The molecule has 1 aromatic carbocycles. The van der Waals surface area contributed by atoms with E-state index in [1.165, 1.54) is 0 Å². The van der Waals surface area contributed by atoms with Crippen LogP contribution in [0.4, 0.5) is 22.6 Å². The van der Waals surface area contributed by atoms with Crippen LogP contribution in [-0.4, -0.2) is 19.5 Å². The van der Waals surface area contributed by atoms with Crippen LogP contribution in [0.5, 0.6) is 0 Å². The molecule has 0 fully saturated rings. The number of rotatable bonds is 0. The molecule has 0 N–H and O–H groups in total. The Morgan fingerprint density at radius 3 is 1.47 bits per heavy atom. The van der Waals surface area contributed by atoms with Crippen LogP contribution in [-0.2, 0) is 0 Å². The van der Waals surface area contributed by atoms with E-state index < -0.39 is 19.5 Å². The van der Waals surface area contributed by atoms with Crippen molar-refractivity contribution in [2.24, 2.45) is 0 Å². The van der Waals surface area contributed by atoms with E-state index in [4.69, 9.17) is 5.39 Å². The Balaban J connectivity index is 0. The van der Waals surface area contributed by atoms with Crippen LogP contribution in [0.3, 0.4) is 0 Å². The molecule has 0 aromatic heterocycles. The first kappa shape index (κ1) is 14.0. The monoisotopic (exact) mass is 341 g/mol. The van der Waals surface area contributed by atoms with Crippen molar-refractivity contribution < 1.29 is 18.3 Å². The van der Waals surface area contributed by atoms with Gasteiger partial charge in [0.2, 0.25) is 5.39 Å². The number of benzene rings is 1. The summed E-state index contributed by atoms with van der Waals surface area (Å²) in [6.45, 7) is 0. The zero-order valence-electron chi connectivity index (χ0n) is 8.00. The van der Waals surface area contributed by atoms with Gasteiger partial charge in [-0.2, -0.15) is 0 Å². The molecular formula is C6H6F6N2Sb+. The van der Waals surface area contributed by atoms with Crippen LogP contribution in [0.2, 0.25) is 0 Å². The fourth-order valence-corrected chi connectivity index (χ4v) is 0.495. The van der Waals surface area contributed by atoms with Gasteiger partial charge in [-0.15, -0.1) is 0 Å². The fourth-order valence-electron chi connectivity index (χ4n) is 0.495. The molecule has 86 valence electrons. The Morgan fingerprint density at radius 1 is 0.933 bits per heavy atom. The molecule has 9 heteroatoms. The maximum absolute atomic E-state index is 11.2. The third-order valence-corrected chi connectivity index (χ3v) is 0.872. The van der Waals surface area contributed by atoms with E-state index in [0.29, 0.717) is 5.69 Å². The van der Waals surface area contributed by atoms with Gasteiger partial charge in [0.25, 0.3) is 0 Å². The van der Waals surface area contributed by atoms with E-state index in [2.05, 4.69) is 4.98 Å². The average Bonchev–Trinajstić information content (AvgIpc) is 2.00. The summed E-state index contributed by atoms with van der Waals surface area (Å²) in [7, 11) is 0. The Labute approximate surface area is 84.5 Å².